The summed E-state index contributed by atoms with van der Waals surface area (Å²) in [6.07, 6.45) is 2.88. The molecule has 1 N–H and O–H groups in total. The number of para-hydroxylation sites is 1. The molecule has 0 amide bonds. The zero-order valence-corrected chi connectivity index (χ0v) is 15.6. The molecule has 5 rings (SSSR count). The summed E-state index contributed by atoms with van der Waals surface area (Å²) in [5, 5.41) is 13.6. The maximum atomic E-state index is 14.6. The second kappa shape index (κ2) is 6.75. The SMILES string of the molecule is CC(CO)n1c(=O)c2c(-c3noc(C4CCCO4)n3)ncn2c2cccc(F)c21. The Morgan fingerprint density at radius 2 is 2.24 bits per heavy atom. The largest absolute Gasteiger partial charge is 0.394 e. The van der Waals surface area contributed by atoms with Crippen LogP contribution in [0.5, 0.6) is 0 Å². The number of rotatable bonds is 4. The van der Waals surface area contributed by atoms with E-state index in [-0.39, 0.29) is 35.3 Å². The molecule has 4 aromatic rings. The van der Waals surface area contributed by atoms with Crippen molar-refractivity contribution in [3.8, 4) is 11.5 Å². The van der Waals surface area contributed by atoms with E-state index >= 15 is 0 Å². The van der Waals surface area contributed by atoms with Gasteiger partial charge < -0.3 is 14.4 Å². The first-order valence-corrected chi connectivity index (χ1v) is 9.36. The van der Waals surface area contributed by atoms with E-state index in [2.05, 4.69) is 15.1 Å². The molecular weight excluding hydrogens is 381 g/mol. The van der Waals surface area contributed by atoms with Crippen molar-refractivity contribution < 1.29 is 18.8 Å². The van der Waals surface area contributed by atoms with Crippen LogP contribution in [0.25, 0.3) is 28.1 Å². The van der Waals surface area contributed by atoms with Crippen LogP contribution in [0.2, 0.25) is 0 Å². The molecule has 0 bridgehead atoms. The molecule has 4 heterocycles. The van der Waals surface area contributed by atoms with Crippen molar-refractivity contribution in [2.24, 2.45) is 0 Å². The fraction of sp³-hybridized carbons (Fsp3) is 0.368. The van der Waals surface area contributed by atoms with E-state index in [0.29, 0.717) is 18.0 Å². The molecule has 10 heteroatoms. The quantitative estimate of drug-likeness (QED) is 0.561. The van der Waals surface area contributed by atoms with E-state index in [1.54, 1.807) is 19.1 Å². The van der Waals surface area contributed by atoms with Crippen molar-refractivity contribution in [3.05, 3.63) is 46.6 Å². The number of halogens is 1. The minimum Gasteiger partial charge on any atom is -0.394 e. The normalized spacial score (nSPS) is 18.1. The molecule has 2 atom stereocenters. The van der Waals surface area contributed by atoms with Crippen LogP contribution in [-0.4, -0.2) is 42.4 Å². The summed E-state index contributed by atoms with van der Waals surface area (Å²) >= 11 is 0. The van der Waals surface area contributed by atoms with Gasteiger partial charge in [0.05, 0.1) is 18.2 Å². The van der Waals surface area contributed by atoms with Crippen LogP contribution in [-0.2, 0) is 4.74 Å². The van der Waals surface area contributed by atoms with Gasteiger partial charge >= 0.3 is 0 Å². The summed E-state index contributed by atoms with van der Waals surface area (Å²) in [5.41, 5.74) is 0.460. The van der Waals surface area contributed by atoms with Crippen molar-refractivity contribution in [2.75, 3.05) is 13.2 Å². The summed E-state index contributed by atoms with van der Waals surface area (Å²) < 4.78 is 28.3. The minimum absolute atomic E-state index is 0.101. The second-order valence-electron chi connectivity index (χ2n) is 7.08. The van der Waals surface area contributed by atoms with Gasteiger partial charge in [-0.25, -0.2) is 9.37 Å². The molecule has 0 saturated carbocycles. The van der Waals surface area contributed by atoms with Gasteiger partial charge in [0.15, 0.2) is 0 Å². The lowest BCUT2D eigenvalue weighted by molar-refractivity contribution is 0.0835. The van der Waals surface area contributed by atoms with Gasteiger partial charge in [0, 0.05) is 6.61 Å². The molecule has 0 radical (unpaired) electrons. The van der Waals surface area contributed by atoms with Crippen molar-refractivity contribution >= 4 is 16.6 Å². The van der Waals surface area contributed by atoms with E-state index in [9.17, 15) is 14.3 Å². The van der Waals surface area contributed by atoms with Gasteiger partial charge in [0.1, 0.15) is 35.0 Å². The molecule has 29 heavy (non-hydrogen) atoms. The van der Waals surface area contributed by atoms with E-state index in [4.69, 9.17) is 9.26 Å². The molecule has 3 aromatic heterocycles. The second-order valence-corrected chi connectivity index (χ2v) is 7.08. The fourth-order valence-corrected chi connectivity index (χ4v) is 3.79. The van der Waals surface area contributed by atoms with Crippen molar-refractivity contribution in [1.82, 2.24) is 24.1 Å². The summed E-state index contributed by atoms with van der Waals surface area (Å²) in [6.45, 7) is 1.95. The average Bonchev–Trinajstić information content (AvgIpc) is 3.47. The first-order chi connectivity index (χ1) is 14.1. The first kappa shape index (κ1) is 18.0. The molecule has 1 saturated heterocycles. The van der Waals surface area contributed by atoms with Crippen LogP contribution in [0.15, 0.2) is 33.8 Å². The van der Waals surface area contributed by atoms with Gasteiger partial charge in [-0.15, -0.1) is 0 Å². The van der Waals surface area contributed by atoms with Crippen LogP contribution in [0.1, 0.15) is 37.8 Å². The number of aliphatic hydroxyl groups is 1. The zero-order chi connectivity index (χ0) is 20.1. The van der Waals surface area contributed by atoms with Crippen LogP contribution in [0, 0.1) is 5.82 Å². The maximum Gasteiger partial charge on any atom is 0.278 e. The molecule has 2 unspecified atom stereocenters. The highest BCUT2D eigenvalue weighted by Crippen LogP contribution is 2.30. The van der Waals surface area contributed by atoms with Gasteiger partial charge in [0.2, 0.25) is 5.82 Å². The number of imidazole rings is 1. The molecule has 0 aliphatic carbocycles. The third kappa shape index (κ3) is 2.67. The Kier molecular flexibility index (Phi) is 4.18. The van der Waals surface area contributed by atoms with Crippen LogP contribution >= 0.6 is 0 Å². The summed E-state index contributed by atoms with van der Waals surface area (Å²) in [5.74, 6) is -0.0548. The highest BCUT2D eigenvalue weighted by Gasteiger charge is 2.27. The minimum atomic E-state index is -0.637. The smallest absolute Gasteiger partial charge is 0.278 e. The number of benzene rings is 1. The number of hydrogen-bond donors (Lipinski definition) is 1. The highest BCUT2D eigenvalue weighted by molar-refractivity contribution is 5.84. The number of aliphatic hydroxyl groups excluding tert-OH is 1. The van der Waals surface area contributed by atoms with E-state index in [1.807, 2.05) is 0 Å². The lowest BCUT2D eigenvalue weighted by Gasteiger charge is -2.17. The Morgan fingerprint density at radius 1 is 1.38 bits per heavy atom. The van der Waals surface area contributed by atoms with Gasteiger partial charge in [-0.2, -0.15) is 4.98 Å². The fourth-order valence-electron chi connectivity index (χ4n) is 3.79. The van der Waals surface area contributed by atoms with Crippen LogP contribution in [0.4, 0.5) is 4.39 Å². The lowest BCUT2D eigenvalue weighted by Crippen LogP contribution is -2.28. The maximum absolute atomic E-state index is 14.6. The van der Waals surface area contributed by atoms with Crippen LogP contribution < -0.4 is 5.56 Å². The number of aromatic nitrogens is 5. The third-order valence-corrected chi connectivity index (χ3v) is 5.22. The summed E-state index contributed by atoms with van der Waals surface area (Å²) in [4.78, 5) is 22.0. The third-order valence-electron chi connectivity index (χ3n) is 5.22. The summed E-state index contributed by atoms with van der Waals surface area (Å²) in [6, 6.07) is 3.88. The molecular formula is C19H18FN5O4. The average molecular weight is 399 g/mol. The number of ether oxygens (including phenoxy) is 1. The molecule has 1 aromatic carbocycles. The van der Waals surface area contributed by atoms with Gasteiger partial charge in [-0.05, 0) is 31.9 Å². The predicted octanol–water partition coefficient (Wildman–Crippen LogP) is 2.24. The first-order valence-electron chi connectivity index (χ1n) is 9.36. The van der Waals surface area contributed by atoms with Crippen molar-refractivity contribution in [2.45, 2.75) is 31.9 Å². The van der Waals surface area contributed by atoms with Crippen molar-refractivity contribution in [3.63, 3.8) is 0 Å². The molecule has 1 aliphatic rings. The Bertz CT molecular complexity index is 1270. The lowest BCUT2D eigenvalue weighted by atomic mass is 10.2. The standard InChI is InChI=1S/C19H18FN5O4/c1-10(8-26)25-15-11(20)4-2-5-12(15)24-9-21-14(16(24)19(25)27)17-22-18(29-23-17)13-6-3-7-28-13/h2,4-5,9-10,13,26H,3,6-8H2,1H3. The van der Waals surface area contributed by atoms with Crippen molar-refractivity contribution in [1.29, 1.82) is 0 Å². The van der Waals surface area contributed by atoms with E-state index < -0.39 is 17.4 Å². The molecule has 150 valence electrons. The van der Waals surface area contributed by atoms with Gasteiger partial charge in [-0.3, -0.25) is 13.8 Å². The Labute approximate surface area is 163 Å². The number of nitrogens with zero attached hydrogens (tertiary/aromatic N) is 5. The van der Waals surface area contributed by atoms with E-state index in [0.717, 1.165) is 12.8 Å². The molecule has 9 nitrogen and oxygen atoms in total. The topological polar surface area (TPSA) is 108 Å². The number of fused-ring (bicyclic) bond motifs is 3. The van der Waals surface area contributed by atoms with Gasteiger partial charge in [0.25, 0.3) is 11.4 Å². The van der Waals surface area contributed by atoms with E-state index in [1.165, 1.54) is 21.4 Å². The van der Waals surface area contributed by atoms with Crippen LogP contribution in [0.3, 0.4) is 0 Å². The Morgan fingerprint density at radius 3 is 3.00 bits per heavy atom. The molecule has 1 aliphatic heterocycles. The zero-order valence-electron chi connectivity index (χ0n) is 15.6. The molecule has 1 fully saturated rings. The monoisotopic (exact) mass is 399 g/mol. The predicted molar refractivity (Wildman–Crippen MR) is 99.9 cm³/mol. The Hall–Kier alpha value is -3.11. The molecule has 0 spiro atoms. The highest BCUT2D eigenvalue weighted by atomic mass is 19.1. The Balaban J connectivity index is 1.78. The number of hydrogen-bond acceptors (Lipinski definition) is 7. The van der Waals surface area contributed by atoms with Gasteiger partial charge in [-0.1, -0.05) is 11.2 Å². The summed E-state index contributed by atoms with van der Waals surface area (Å²) in [7, 11) is 0.